The van der Waals surface area contributed by atoms with Crippen LogP contribution in [0, 0.1) is 6.92 Å². The third-order valence-electron chi connectivity index (χ3n) is 3.69. The van der Waals surface area contributed by atoms with Crippen molar-refractivity contribution in [1.29, 1.82) is 0 Å². The first-order chi connectivity index (χ1) is 10.2. The summed E-state index contributed by atoms with van der Waals surface area (Å²) in [6.07, 6.45) is 0. The van der Waals surface area contributed by atoms with Gasteiger partial charge >= 0.3 is 0 Å². The molecule has 0 amide bonds. The van der Waals surface area contributed by atoms with Gasteiger partial charge in [0.2, 0.25) is 0 Å². The van der Waals surface area contributed by atoms with Gasteiger partial charge in [-0.05, 0) is 54.9 Å². The van der Waals surface area contributed by atoms with Crippen molar-refractivity contribution in [3.8, 4) is 5.75 Å². The number of fused-ring (bicyclic) bond motifs is 1. The van der Waals surface area contributed by atoms with E-state index in [1.807, 2.05) is 6.07 Å². The number of benzene rings is 2. The monoisotopic (exact) mass is 297 g/mol. The van der Waals surface area contributed by atoms with E-state index in [1.165, 1.54) is 21.2 Å². The predicted molar refractivity (Wildman–Crippen MR) is 91.6 cm³/mol. The molecule has 0 saturated carbocycles. The Morgan fingerprint density at radius 3 is 2.76 bits per heavy atom. The predicted octanol–water partition coefficient (Wildman–Crippen LogP) is 5.39. The van der Waals surface area contributed by atoms with E-state index >= 15 is 0 Å². The molecule has 2 nitrogen and oxygen atoms in total. The first kappa shape index (κ1) is 14.0. The fraction of sp³-hybridized carbons (Fsp3) is 0.222. The van der Waals surface area contributed by atoms with Gasteiger partial charge in [-0.15, -0.1) is 11.3 Å². The maximum absolute atomic E-state index is 5.48. The third kappa shape index (κ3) is 2.88. The lowest BCUT2D eigenvalue weighted by atomic mass is 10.0. The molecule has 1 heterocycles. The molecule has 1 atom stereocenters. The second-order valence-electron chi connectivity index (χ2n) is 5.28. The van der Waals surface area contributed by atoms with Gasteiger partial charge in [-0.25, -0.2) is 0 Å². The van der Waals surface area contributed by atoms with Crippen molar-refractivity contribution < 1.29 is 4.74 Å². The fourth-order valence-electron chi connectivity index (χ4n) is 2.58. The molecular formula is C18H19NOS. The minimum absolute atomic E-state index is 0.191. The van der Waals surface area contributed by atoms with Gasteiger partial charge in [-0.2, -0.15) is 0 Å². The molecule has 0 aliphatic heterocycles. The first-order valence-electron chi connectivity index (χ1n) is 7.05. The van der Waals surface area contributed by atoms with Crippen LogP contribution in [0.3, 0.4) is 0 Å². The summed E-state index contributed by atoms with van der Waals surface area (Å²) in [6.45, 7) is 4.27. The fourth-order valence-corrected chi connectivity index (χ4v) is 3.35. The van der Waals surface area contributed by atoms with Gasteiger partial charge in [0.25, 0.3) is 0 Å². The number of anilines is 1. The van der Waals surface area contributed by atoms with Crippen LogP contribution in [0.25, 0.3) is 10.1 Å². The Kier molecular flexibility index (Phi) is 3.84. The van der Waals surface area contributed by atoms with Crippen molar-refractivity contribution in [2.45, 2.75) is 19.9 Å². The Bertz CT molecular complexity index is 763. The standard InChI is InChI=1S/C18H19NOS/c1-12-4-6-17(20-3)16(10-12)13(2)19-15-5-7-18-14(11-15)8-9-21-18/h4-11,13,19H,1-3H3. The number of aryl methyl sites for hydroxylation is 1. The van der Waals surface area contributed by atoms with Crippen LogP contribution in [0.5, 0.6) is 5.75 Å². The highest BCUT2D eigenvalue weighted by atomic mass is 32.1. The molecule has 108 valence electrons. The molecule has 0 saturated heterocycles. The lowest BCUT2D eigenvalue weighted by Gasteiger charge is -2.19. The lowest BCUT2D eigenvalue weighted by Crippen LogP contribution is -2.08. The van der Waals surface area contributed by atoms with Crippen LogP contribution >= 0.6 is 11.3 Å². The molecule has 0 bridgehead atoms. The van der Waals surface area contributed by atoms with E-state index < -0.39 is 0 Å². The maximum atomic E-state index is 5.48. The average molecular weight is 297 g/mol. The van der Waals surface area contributed by atoms with E-state index in [0.717, 1.165) is 11.4 Å². The number of hydrogen-bond acceptors (Lipinski definition) is 3. The van der Waals surface area contributed by atoms with Crippen molar-refractivity contribution in [1.82, 2.24) is 0 Å². The Labute approximate surface area is 129 Å². The highest BCUT2D eigenvalue weighted by molar-refractivity contribution is 7.17. The molecule has 0 fully saturated rings. The summed E-state index contributed by atoms with van der Waals surface area (Å²) < 4.78 is 6.80. The van der Waals surface area contributed by atoms with E-state index in [9.17, 15) is 0 Å². The summed E-state index contributed by atoms with van der Waals surface area (Å²) in [5.74, 6) is 0.928. The highest BCUT2D eigenvalue weighted by Crippen LogP contribution is 2.30. The topological polar surface area (TPSA) is 21.3 Å². The number of ether oxygens (including phenoxy) is 1. The number of hydrogen-bond donors (Lipinski definition) is 1. The van der Waals surface area contributed by atoms with Gasteiger partial charge in [0, 0.05) is 16.0 Å². The molecule has 1 aromatic heterocycles. The molecule has 3 aromatic rings. The zero-order valence-corrected chi connectivity index (χ0v) is 13.3. The minimum atomic E-state index is 0.191. The van der Waals surface area contributed by atoms with Crippen molar-refractivity contribution >= 4 is 27.1 Å². The molecule has 2 aromatic carbocycles. The van der Waals surface area contributed by atoms with E-state index in [2.05, 4.69) is 60.9 Å². The zero-order chi connectivity index (χ0) is 14.8. The molecule has 0 radical (unpaired) electrons. The summed E-state index contributed by atoms with van der Waals surface area (Å²) in [4.78, 5) is 0. The first-order valence-corrected chi connectivity index (χ1v) is 7.93. The molecule has 21 heavy (non-hydrogen) atoms. The average Bonchev–Trinajstić information content (AvgIpc) is 2.94. The largest absolute Gasteiger partial charge is 0.496 e. The van der Waals surface area contributed by atoms with Crippen molar-refractivity contribution in [3.63, 3.8) is 0 Å². The Morgan fingerprint density at radius 2 is 1.95 bits per heavy atom. The van der Waals surface area contributed by atoms with Crippen LogP contribution in [0.4, 0.5) is 5.69 Å². The van der Waals surface area contributed by atoms with Crippen LogP contribution < -0.4 is 10.1 Å². The van der Waals surface area contributed by atoms with Crippen LogP contribution in [-0.4, -0.2) is 7.11 Å². The Hall–Kier alpha value is -2.00. The molecule has 1 N–H and O–H groups in total. The third-order valence-corrected chi connectivity index (χ3v) is 4.59. The number of methoxy groups -OCH3 is 1. The second-order valence-corrected chi connectivity index (χ2v) is 6.23. The summed E-state index contributed by atoms with van der Waals surface area (Å²) in [7, 11) is 1.72. The van der Waals surface area contributed by atoms with Gasteiger partial charge in [-0.3, -0.25) is 0 Å². The SMILES string of the molecule is COc1ccc(C)cc1C(C)Nc1ccc2sccc2c1. The van der Waals surface area contributed by atoms with E-state index in [-0.39, 0.29) is 6.04 Å². The van der Waals surface area contributed by atoms with E-state index in [0.29, 0.717) is 0 Å². The van der Waals surface area contributed by atoms with Crippen molar-refractivity contribution in [2.75, 3.05) is 12.4 Å². The van der Waals surface area contributed by atoms with Crippen LogP contribution in [0.1, 0.15) is 24.1 Å². The smallest absolute Gasteiger partial charge is 0.124 e. The van der Waals surface area contributed by atoms with Gasteiger partial charge in [0.15, 0.2) is 0 Å². The van der Waals surface area contributed by atoms with Gasteiger partial charge in [-0.1, -0.05) is 17.7 Å². The maximum Gasteiger partial charge on any atom is 0.124 e. The van der Waals surface area contributed by atoms with Crippen LogP contribution in [0.2, 0.25) is 0 Å². The van der Waals surface area contributed by atoms with E-state index in [4.69, 9.17) is 4.74 Å². The molecule has 0 spiro atoms. The quantitative estimate of drug-likeness (QED) is 0.697. The van der Waals surface area contributed by atoms with Crippen LogP contribution in [0.15, 0.2) is 47.8 Å². The van der Waals surface area contributed by atoms with Crippen LogP contribution in [-0.2, 0) is 0 Å². The summed E-state index contributed by atoms with van der Waals surface area (Å²) in [6, 6.07) is 15.1. The lowest BCUT2D eigenvalue weighted by molar-refractivity contribution is 0.408. The van der Waals surface area contributed by atoms with Gasteiger partial charge < -0.3 is 10.1 Å². The zero-order valence-electron chi connectivity index (χ0n) is 12.5. The summed E-state index contributed by atoms with van der Waals surface area (Å²) >= 11 is 1.77. The Balaban J connectivity index is 1.88. The summed E-state index contributed by atoms with van der Waals surface area (Å²) in [5, 5.41) is 6.98. The molecule has 0 aliphatic carbocycles. The normalized spacial score (nSPS) is 12.3. The Morgan fingerprint density at radius 1 is 1.10 bits per heavy atom. The minimum Gasteiger partial charge on any atom is -0.496 e. The highest BCUT2D eigenvalue weighted by Gasteiger charge is 2.12. The number of rotatable bonds is 4. The summed E-state index contributed by atoms with van der Waals surface area (Å²) in [5.41, 5.74) is 3.56. The van der Waals surface area contributed by atoms with Gasteiger partial charge in [0.05, 0.1) is 13.2 Å². The number of nitrogens with one attached hydrogen (secondary N) is 1. The van der Waals surface area contributed by atoms with Crippen molar-refractivity contribution in [2.24, 2.45) is 0 Å². The second kappa shape index (κ2) is 5.78. The molecular weight excluding hydrogens is 278 g/mol. The molecule has 3 heteroatoms. The van der Waals surface area contributed by atoms with E-state index in [1.54, 1.807) is 18.4 Å². The van der Waals surface area contributed by atoms with Gasteiger partial charge in [0.1, 0.15) is 5.75 Å². The molecule has 0 aliphatic rings. The molecule has 3 rings (SSSR count). The molecule has 1 unspecified atom stereocenters. The number of thiophene rings is 1. The van der Waals surface area contributed by atoms with Crippen molar-refractivity contribution in [3.05, 3.63) is 59.0 Å².